The maximum atomic E-state index is 12.7. The van der Waals surface area contributed by atoms with Gasteiger partial charge in [0, 0.05) is 18.3 Å². The van der Waals surface area contributed by atoms with Gasteiger partial charge in [0.25, 0.3) is 0 Å². The Bertz CT molecular complexity index is 668. The Labute approximate surface area is 123 Å². The number of nitrogen functional groups attached to an aromatic ring is 1. The second-order valence-electron chi connectivity index (χ2n) is 4.93. The zero-order valence-electron chi connectivity index (χ0n) is 11.6. The number of benzene rings is 1. The number of morpholine rings is 1. The van der Waals surface area contributed by atoms with Gasteiger partial charge in [-0.05, 0) is 25.1 Å². The first-order valence-electron chi connectivity index (χ1n) is 6.44. The van der Waals surface area contributed by atoms with E-state index in [1.54, 1.807) is 6.92 Å². The summed E-state index contributed by atoms with van der Waals surface area (Å²) in [5, 5.41) is 18.3. The Morgan fingerprint density at radius 3 is 2.90 bits per heavy atom. The summed E-state index contributed by atoms with van der Waals surface area (Å²) in [5.41, 5.74) is 5.92. The van der Waals surface area contributed by atoms with Crippen molar-refractivity contribution in [1.29, 1.82) is 5.26 Å². The van der Waals surface area contributed by atoms with Crippen LogP contribution in [-0.2, 0) is 14.8 Å². The molecule has 0 aromatic heterocycles. The minimum absolute atomic E-state index is 0.00856. The lowest BCUT2D eigenvalue weighted by Crippen LogP contribution is -2.51. The fourth-order valence-electron chi connectivity index (χ4n) is 2.22. The largest absolute Gasteiger partial charge is 0.399 e. The molecule has 1 aromatic rings. The molecule has 0 bridgehead atoms. The van der Waals surface area contributed by atoms with Crippen molar-refractivity contribution >= 4 is 15.7 Å². The smallest absolute Gasteiger partial charge is 0.244 e. The predicted octanol–water partition coefficient (Wildman–Crippen LogP) is -0.0892. The van der Waals surface area contributed by atoms with Gasteiger partial charge in [0.2, 0.25) is 10.0 Å². The fourth-order valence-corrected chi connectivity index (χ4v) is 4.00. The van der Waals surface area contributed by atoms with Crippen molar-refractivity contribution in [3.63, 3.8) is 0 Å². The van der Waals surface area contributed by atoms with E-state index >= 15 is 0 Å². The molecule has 3 N–H and O–H groups in total. The first-order valence-corrected chi connectivity index (χ1v) is 7.88. The van der Waals surface area contributed by atoms with Crippen molar-refractivity contribution < 1.29 is 18.3 Å². The maximum Gasteiger partial charge on any atom is 0.244 e. The molecule has 8 heteroatoms. The molecule has 2 rings (SSSR count). The van der Waals surface area contributed by atoms with Gasteiger partial charge in [0.05, 0.1) is 24.9 Å². The van der Waals surface area contributed by atoms with Crippen molar-refractivity contribution in [2.75, 3.05) is 25.5 Å². The summed E-state index contributed by atoms with van der Waals surface area (Å²) < 4.78 is 32.1. The van der Waals surface area contributed by atoms with Crippen LogP contribution >= 0.6 is 0 Å². The molecule has 1 aliphatic rings. The highest BCUT2D eigenvalue weighted by atomic mass is 32.2. The van der Waals surface area contributed by atoms with Gasteiger partial charge in [-0.25, -0.2) is 8.42 Å². The number of nitriles is 1. The maximum absolute atomic E-state index is 12.7. The third kappa shape index (κ3) is 3.01. The van der Waals surface area contributed by atoms with Crippen LogP contribution in [0.25, 0.3) is 0 Å². The van der Waals surface area contributed by atoms with Gasteiger partial charge in [-0.3, -0.25) is 0 Å². The lowest BCUT2D eigenvalue weighted by atomic mass is 10.2. The van der Waals surface area contributed by atoms with Crippen LogP contribution in [-0.4, -0.2) is 49.7 Å². The molecule has 21 heavy (non-hydrogen) atoms. The Kier molecular flexibility index (Phi) is 4.49. The fraction of sp³-hybridized carbons (Fsp3) is 0.462. The number of sulfonamides is 1. The van der Waals surface area contributed by atoms with E-state index in [4.69, 9.17) is 20.8 Å². The van der Waals surface area contributed by atoms with Crippen molar-refractivity contribution in [2.45, 2.75) is 24.0 Å². The van der Waals surface area contributed by atoms with Crippen molar-refractivity contribution in [3.05, 3.63) is 23.8 Å². The van der Waals surface area contributed by atoms with Gasteiger partial charge in [0.15, 0.2) is 0 Å². The molecule has 1 aliphatic heterocycles. The Morgan fingerprint density at radius 1 is 1.57 bits per heavy atom. The quantitative estimate of drug-likeness (QED) is 0.754. The van der Waals surface area contributed by atoms with E-state index in [-0.39, 0.29) is 36.3 Å². The van der Waals surface area contributed by atoms with Crippen LogP contribution in [0, 0.1) is 11.3 Å². The van der Waals surface area contributed by atoms with Crippen LogP contribution in [0.4, 0.5) is 5.69 Å². The first-order chi connectivity index (χ1) is 9.90. The highest BCUT2D eigenvalue weighted by molar-refractivity contribution is 7.89. The van der Waals surface area contributed by atoms with Gasteiger partial charge >= 0.3 is 0 Å². The van der Waals surface area contributed by atoms with E-state index < -0.39 is 16.1 Å². The van der Waals surface area contributed by atoms with Crippen LogP contribution in [0.1, 0.15) is 12.5 Å². The highest BCUT2D eigenvalue weighted by Gasteiger charge is 2.36. The SMILES string of the molecule is CC1COC(CO)CN1S(=O)(=O)c1ccc(N)cc1C#N. The monoisotopic (exact) mass is 311 g/mol. The van der Waals surface area contributed by atoms with Crippen LogP contribution in [0.5, 0.6) is 0 Å². The van der Waals surface area contributed by atoms with Crippen LogP contribution in [0.15, 0.2) is 23.1 Å². The number of anilines is 1. The number of nitrogens with zero attached hydrogens (tertiary/aromatic N) is 2. The topological polar surface area (TPSA) is 117 Å². The van der Waals surface area contributed by atoms with E-state index in [9.17, 15) is 8.42 Å². The predicted molar refractivity (Wildman–Crippen MR) is 75.7 cm³/mol. The molecule has 1 aromatic carbocycles. The van der Waals surface area contributed by atoms with E-state index in [2.05, 4.69) is 0 Å². The molecule has 0 spiro atoms. The molecule has 7 nitrogen and oxygen atoms in total. The molecule has 0 aliphatic carbocycles. The molecular weight excluding hydrogens is 294 g/mol. The molecule has 1 fully saturated rings. The lowest BCUT2D eigenvalue weighted by molar-refractivity contribution is -0.0516. The zero-order chi connectivity index (χ0) is 15.6. The number of aliphatic hydroxyl groups is 1. The number of ether oxygens (including phenoxy) is 1. The standard InChI is InChI=1S/C13H17N3O4S/c1-9-8-20-12(7-17)6-16(9)21(18,19)13-3-2-11(15)4-10(13)5-14/h2-4,9,12,17H,6-8,15H2,1H3. The summed E-state index contributed by atoms with van der Waals surface area (Å²) in [4.78, 5) is -0.0790. The third-order valence-corrected chi connectivity index (χ3v) is 5.40. The molecule has 0 amide bonds. The Balaban J connectivity index is 2.44. The summed E-state index contributed by atoms with van der Waals surface area (Å²) >= 11 is 0. The number of rotatable bonds is 3. The van der Waals surface area contributed by atoms with Crippen molar-refractivity contribution in [1.82, 2.24) is 4.31 Å². The van der Waals surface area contributed by atoms with Crippen LogP contribution in [0.2, 0.25) is 0 Å². The summed E-state index contributed by atoms with van der Waals surface area (Å²) in [7, 11) is -3.85. The summed E-state index contributed by atoms with van der Waals surface area (Å²) in [6.07, 6.45) is -0.560. The van der Waals surface area contributed by atoms with Crippen LogP contribution < -0.4 is 5.73 Å². The van der Waals surface area contributed by atoms with E-state index in [0.29, 0.717) is 5.69 Å². The molecule has 0 saturated carbocycles. The minimum atomic E-state index is -3.85. The average molecular weight is 311 g/mol. The Morgan fingerprint density at radius 2 is 2.29 bits per heavy atom. The normalized spacial score (nSPS) is 23.7. The Hall–Kier alpha value is -1.66. The number of hydrogen-bond donors (Lipinski definition) is 2. The van der Waals surface area contributed by atoms with E-state index in [0.717, 1.165) is 0 Å². The van der Waals surface area contributed by atoms with Crippen LogP contribution in [0.3, 0.4) is 0 Å². The second-order valence-corrected chi connectivity index (χ2v) is 6.79. The molecular formula is C13H17N3O4S. The third-order valence-electron chi connectivity index (χ3n) is 3.36. The number of aliphatic hydroxyl groups excluding tert-OH is 1. The average Bonchev–Trinajstić information content (AvgIpc) is 2.47. The molecule has 1 heterocycles. The van der Waals surface area contributed by atoms with Gasteiger partial charge in [0.1, 0.15) is 11.0 Å². The summed E-state index contributed by atoms with van der Waals surface area (Å²) in [5.74, 6) is 0. The van der Waals surface area contributed by atoms with Crippen molar-refractivity contribution in [3.8, 4) is 6.07 Å². The summed E-state index contributed by atoms with van der Waals surface area (Å²) in [6.45, 7) is 1.70. The first kappa shape index (κ1) is 15.7. The molecule has 2 unspecified atom stereocenters. The van der Waals surface area contributed by atoms with Gasteiger partial charge in [-0.2, -0.15) is 9.57 Å². The number of hydrogen-bond acceptors (Lipinski definition) is 6. The van der Waals surface area contributed by atoms with E-state index in [1.807, 2.05) is 6.07 Å². The van der Waals surface area contributed by atoms with E-state index in [1.165, 1.54) is 22.5 Å². The van der Waals surface area contributed by atoms with Gasteiger partial charge < -0.3 is 15.6 Å². The zero-order valence-corrected chi connectivity index (χ0v) is 12.4. The lowest BCUT2D eigenvalue weighted by Gasteiger charge is -2.36. The molecule has 114 valence electrons. The molecule has 0 radical (unpaired) electrons. The molecule has 2 atom stereocenters. The van der Waals surface area contributed by atoms with Gasteiger partial charge in [-0.1, -0.05) is 0 Å². The van der Waals surface area contributed by atoms with Crippen molar-refractivity contribution in [2.24, 2.45) is 0 Å². The molecule has 1 saturated heterocycles. The second kappa shape index (κ2) is 5.99. The summed E-state index contributed by atoms with van der Waals surface area (Å²) in [6, 6.07) is 5.60. The number of nitrogens with two attached hydrogens (primary N) is 1. The van der Waals surface area contributed by atoms with Gasteiger partial charge in [-0.15, -0.1) is 0 Å². The minimum Gasteiger partial charge on any atom is -0.399 e. The highest BCUT2D eigenvalue weighted by Crippen LogP contribution is 2.26.